The fraction of sp³-hybridized carbons (Fsp3) is 0.421. The first kappa shape index (κ1) is 19.2. The number of nitrogens with zero attached hydrogens (tertiary/aromatic N) is 3. The van der Waals surface area contributed by atoms with Gasteiger partial charge >= 0.3 is 0 Å². The molecule has 1 N–H and O–H groups in total. The molecule has 0 unspecified atom stereocenters. The van der Waals surface area contributed by atoms with E-state index in [2.05, 4.69) is 15.3 Å². The normalized spacial score (nSPS) is 14.7. The molecule has 2 aromatic rings. The average molecular weight is 391 g/mol. The third-order valence-electron chi connectivity index (χ3n) is 4.61. The Bertz CT molecular complexity index is 755. The van der Waals surface area contributed by atoms with Gasteiger partial charge in [0.15, 0.2) is 0 Å². The third kappa shape index (κ3) is 5.01. The molecule has 0 spiro atoms. The van der Waals surface area contributed by atoms with E-state index in [9.17, 15) is 4.79 Å². The fourth-order valence-electron chi connectivity index (χ4n) is 3.02. The molecule has 27 heavy (non-hydrogen) atoms. The zero-order chi connectivity index (χ0) is 19.2. The molecule has 0 aliphatic carbocycles. The summed E-state index contributed by atoms with van der Waals surface area (Å²) >= 11 is 5.88. The van der Waals surface area contributed by atoms with Gasteiger partial charge in [-0.3, -0.25) is 4.79 Å². The van der Waals surface area contributed by atoms with Crippen LogP contribution in [0, 0.1) is 5.92 Å². The highest BCUT2D eigenvalue weighted by Crippen LogP contribution is 2.25. The second-order valence-electron chi connectivity index (χ2n) is 6.36. The molecule has 2 heterocycles. The van der Waals surface area contributed by atoms with Crippen LogP contribution in [0.1, 0.15) is 18.4 Å². The summed E-state index contributed by atoms with van der Waals surface area (Å²) in [5.74, 6) is 1.54. The largest absolute Gasteiger partial charge is 0.481 e. The highest BCUT2D eigenvalue weighted by molar-refractivity contribution is 6.30. The van der Waals surface area contributed by atoms with E-state index in [1.165, 1.54) is 0 Å². The Labute approximate surface area is 163 Å². The Morgan fingerprint density at radius 1 is 1.15 bits per heavy atom. The summed E-state index contributed by atoms with van der Waals surface area (Å²) < 4.78 is 10.4. The van der Waals surface area contributed by atoms with Gasteiger partial charge in [-0.2, -0.15) is 9.97 Å². The number of nitrogens with one attached hydrogen (secondary N) is 1. The van der Waals surface area contributed by atoms with Crippen LogP contribution in [-0.2, 0) is 11.3 Å². The minimum Gasteiger partial charge on any atom is -0.481 e. The number of rotatable bonds is 6. The highest BCUT2D eigenvalue weighted by Gasteiger charge is 2.26. The number of amides is 1. The Balaban J connectivity index is 1.53. The van der Waals surface area contributed by atoms with Crippen LogP contribution in [0.2, 0.25) is 5.02 Å². The van der Waals surface area contributed by atoms with E-state index in [4.69, 9.17) is 21.1 Å². The number of methoxy groups -OCH3 is 2. The van der Waals surface area contributed by atoms with E-state index < -0.39 is 0 Å². The van der Waals surface area contributed by atoms with Crippen molar-refractivity contribution in [3.05, 3.63) is 40.9 Å². The molecule has 0 bridgehead atoms. The molecule has 1 fully saturated rings. The van der Waals surface area contributed by atoms with Gasteiger partial charge in [0.2, 0.25) is 23.6 Å². The molecule has 1 aliphatic rings. The molecule has 1 aliphatic heterocycles. The molecular weight excluding hydrogens is 368 g/mol. The molecular formula is C19H23ClN4O3. The summed E-state index contributed by atoms with van der Waals surface area (Å²) in [5.41, 5.74) is 1.03. The molecule has 1 amide bonds. The summed E-state index contributed by atoms with van der Waals surface area (Å²) in [6.45, 7) is 1.91. The van der Waals surface area contributed by atoms with Crippen molar-refractivity contribution in [2.45, 2.75) is 19.4 Å². The number of ether oxygens (including phenoxy) is 2. The van der Waals surface area contributed by atoms with Crippen LogP contribution in [0.5, 0.6) is 11.8 Å². The topological polar surface area (TPSA) is 76.6 Å². The predicted molar refractivity (Wildman–Crippen MR) is 103 cm³/mol. The van der Waals surface area contributed by atoms with Crippen molar-refractivity contribution in [2.75, 3.05) is 32.2 Å². The van der Waals surface area contributed by atoms with Gasteiger partial charge < -0.3 is 19.7 Å². The van der Waals surface area contributed by atoms with Crippen LogP contribution in [0.3, 0.4) is 0 Å². The number of hydrogen-bond acceptors (Lipinski definition) is 6. The lowest BCUT2D eigenvalue weighted by Crippen LogP contribution is -2.41. The number of aromatic nitrogens is 2. The van der Waals surface area contributed by atoms with Gasteiger partial charge in [-0.25, -0.2) is 0 Å². The van der Waals surface area contributed by atoms with Crippen LogP contribution in [0.15, 0.2) is 30.3 Å². The van der Waals surface area contributed by atoms with Gasteiger partial charge in [-0.1, -0.05) is 23.7 Å². The summed E-state index contributed by atoms with van der Waals surface area (Å²) in [4.78, 5) is 23.3. The minimum absolute atomic E-state index is 0.0129. The second-order valence-corrected chi connectivity index (χ2v) is 6.79. The van der Waals surface area contributed by atoms with Gasteiger partial charge in [0.25, 0.3) is 0 Å². The molecule has 1 aromatic carbocycles. The molecule has 1 saturated heterocycles. The first-order chi connectivity index (χ1) is 13.1. The predicted octanol–water partition coefficient (Wildman–Crippen LogP) is 2.68. The number of carbonyl (C=O) groups excluding carboxylic acids is 1. The van der Waals surface area contributed by atoms with E-state index in [1.54, 1.807) is 20.3 Å². The van der Waals surface area contributed by atoms with Gasteiger partial charge in [0, 0.05) is 30.6 Å². The van der Waals surface area contributed by atoms with Crippen molar-refractivity contribution < 1.29 is 14.3 Å². The molecule has 1 aromatic heterocycles. The molecule has 7 nitrogen and oxygen atoms in total. The summed E-state index contributed by atoms with van der Waals surface area (Å²) in [6, 6.07) is 9.12. The van der Waals surface area contributed by atoms with E-state index in [0.717, 1.165) is 18.4 Å². The Kier molecular flexibility index (Phi) is 6.34. The van der Waals surface area contributed by atoms with Crippen LogP contribution in [0.4, 0.5) is 5.95 Å². The smallest absolute Gasteiger partial charge is 0.231 e. The summed E-state index contributed by atoms with van der Waals surface area (Å²) in [7, 11) is 3.12. The SMILES string of the molecule is COc1cc(OC)nc(N2CCC(C(=O)NCc3ccc(Cl)cc3)CC2)n1. The number of anilines is 1. The van der Waals surface area contributed by atoms with E-state index in [1.807, 2.05) is 29.2 Å². The van der Waals surface area contributed by atoms with Crippen LogP contribution >= 0.6 is 11.6 Å². The van der Waals surface area contributed by atoms with Crippen LogP contribution < -0.4 is 19.7 Å². The molecule has 8 heteroatoms. The van der Waals surface area contributed by atoms with E-state index >= 15 is 0 Å². The maximum atomic E-state index is 12.5. The van der Waals surface area contributed by atoms with Crippen molar-refractivity contribution in [3.63, 3.8) is 0 Å². The molecule has 0 radical (unpaired) electrons. The molecule has 0 saturated carbocycles. The standard InChI is InChI=1S/C19H23ClN4O3/c1-26-16-11-17(27-2)23-19(22-16)24-9-7-14(8-10-24)18(25)21-12-13-3-5-15(20)6-4-13/h3-6,11,14H,7-10,12H2,1-2H3,(H,21,25). The van der Waals surface area contributed by atoms with Crippen molar-refractivity contribution in [1.82, 2.24) is 15.3 Å². The Morgan fingerprint density at radius 2 is 1.74 bits per heavy atom. The quantitative estimate of drug-likeness (QED) is 0.817. The van der Waals surface area contributed by atoms with Crippen molar-refractivity contribution in [1.29, 1.82) is 0 Å². The first-order valence-electron chi connectivity index (χ1n) is 8.83. The average Bonchev–Trinajstić information content (AvgIpc) is 2.72. The summed E-state index contributed by atoms with van der Waals surface area (Å²) in [5, 5.41) is 3.70. The lowest BCUT2D eigenvalue weighted by Gasteiger charge is -2.31. The number of benzene rings is 1. The first-order valence-corrected chi connectivity index (χ1v) is 9.21. The highest BCUT2D eigenvalue weighted by atomic mass is 35.5. The van der Waals surface area contributed by atoms with Crippen LogP contribution in [-0.4, -0.2) is 43.2 Å². The van der Waals surface area contributed by atoms with Gasteiger partial charge in [-0.05, 0) is 30.5 Å². The van der Waals surface area contributed by atoms with Crippen molar-refractivity contribution >= 4 is 23.5 Å². The maximum Gasteiger partial charge on any atom is 0.231 e. The van der Waals surface area contributed by atoms with Crippen LogP contribution in [0.25, 0.3) is 0 Å². The second kappa shape index (κ2) is 8.90. The Hall–Kier alpha value is -2.54. The lowest BCUT2D eigenvalue weighted by atomic mass is 9.96. The molecule has 0 atom stereocenters. The summed E-state index contributed by atoms with van der Waals surface area (Å²) in [6.07, 6.45) is 1.49. The lowest BCUT2D eigenvalue weighted by molar-refractivity contribution is -0.125. The molecule has 3 rings (SSSR count). The van der Waals surface area contributed by atoms with E-state index in [-0.39, 0.29) is 11.8 Å². The number of piperidine rings is 1. The van der Waals surface area contributed by atoms with Gasteiger partial charge in [0.05, 0.1) is 20.3 Å². The zero-order valence-corrected chi connectivity index (χ0v) is 16.2. The van der Waals surface area contributed by atoms with Crippen molar-refractivity contribution in [3.8, 4) is 11.8 Å². The van der Waals surface area contributed by atoms with Crippen molar-refractivity contribution in [2.24, 2.45) is 5.92 Å². The zero-order valence-electron chi connectivity index (χ0n) is 15.4. The van der Waals surface area contributed by atoms with Gasteiger partial charge in [-0.15, -0.1) is 0 Å². The third-order valence-corrected chi connectivity index (χ3v) is 4.87. The maximum absolute atomic E-state index is 12.5. The fourth-order valence-corrected chi connectivity index (χ4v) is 3.15. The Morgan fingerprint density at radius 3 is 2.30 bits per heavy atom. The monoisotopic (exact) mass is 390 g/mol. The minimum atomic E-state index is -0.0129. The molecule has 144 valence electrons. The van der Waals surface area contributed by atoms with Gasteiger partial charge in [0.1, 0.15) is 0 Å². The number of halogens is 1. The number of hydrogen-bond donors (Lipinski definition) is 1. The van der Waals surface area contributed by atoms with E-state index in [0.29, 0.717) is 42.4 Å². The number of carbonyl (C=O) groups is 1.